The first-order chi connectivity index (χ1) is 24.3. The van der Waals surface area contributed by atoms with Gasteiger partial charge in [0, 0.05) is 47.9 Å². The molecule has 0 spiro atoms. The molecule has 3 N–H and O–H groups in total. The number of fused-ring (bicyclic) bond motifs is 3. The SMILES string of the molecule is O=C(NCc1ccc(F)cc1F)c1cn2c(c(O)c1=O)C(=O)N1[C@H](C2)OC(c2ccccc2)[C@@]1(Cc1c[nH]c2ccccc12)c1ccccc1. The third-order valence-electron chi connectivity index (χ3n) is 9.69. The number of amides is 2. The molecule has 0 aliphatic carbocycles. The van der Waals surface area contributed by atoms with Crippen LogP contribution in [0.5, 0.6) is 5.75 Å². The van der Waals surface area contributed by atoms with E-state index in [1.54, 1.807) is 4.90 Å². The Morgan fingerprint density at radius 2 is 1.66 bits per heavy atom. The Labute approximate surface area is 284 Å². The summed E-state index contributed by atoms with van der Waals surface area (Å²) in [5.41, 5.74) is 0.601. The van der Waals surface area contributed by atoms with Gasteiger partial charge in [0.2, 0.25) is 5.43 Å². The summed E-state index contributed by atoms with van der Waals surface area (Å²) in [5, 5.41) is 14.8. The number of benzene rings is 4. The number of H-pyrrole nitrogens is 1. The Morgan fingerprint density at radius 3 is 2.42 bits per heavy atom. The molecule has 50 heavy (non-hydrogen) atoms. The van der Waals surface area contributed by atoms with E-state index in [-0.39, 0.29) is 24.3 Å². The maximum absolute atomic E-state index is 14.8. The average molecular weight is 673 g/mol. The van der Waals surface area contributed by atoms with Gasteiger partial charge in [0.25, 0.3) is 11.8 Å². The van der Waals surface area contributed by atoms with Gasteiger partial charge in [0.1, 0.15) is 28.8 Å². The van der Waals surface area contributed by atoms with E-state index >= 15 is 0 Å². The predicted octanol–water partition coefficient (Wildman–Crippen LogP) is 5.94. The van der Waals surface area contributed by atoms with Gasteiger partial charge in [-0.1, -0.05) is 84.9 Å². The van der Waals surface area contributed by atoms with Gasteiger partial charge < -0.3 is 24.7 Å². The van der Waals surface area contributed by atoms with Crippen LogP contribution in [0.2, 0.25) is 0 Å². The summed E-state index contributed by atoms with van der Waals surface area (Å²) >= 11 is 0. The Balaban J connectivity index is 1.24. The molecule has 3 atom stereocenters. The van der Waals surface area contributed by atoms with Crippen LogP contribution in [0, 0.1) is 11.6 Å². The molecule has 4 heterocycles. The summed E-state index contributed by atoms with van der Waals surface area (Å²) in [6, 6.07) is 30.0. The van der Waals surface area contributed by atoms with Gasteiger partial charge >= 0.3 is 0 Å². The largest absolute Gasteiger partial charge is 0.503 e. The molecule has 0 bridgehead atoms. The van der Waals surface area contributed by atoms with Crippen LogP contribution in [0.1, 0.15) is 49.2 Å². The van der Waals surface area contributed by atoms with Gasteiger partial charge in [0.15, 0.2) is 17.7 Å². The number of aromatic hydroxyl groups is 1. The molecular weight excluding hydrogens is 642 g/mol. The van der Waals surface area contributed by atoms with E-state index in [2.05, 4.69) is 10.3 Å². The maximum atomic E-state index is 14.8. The second-order valence-electron chi connectivity index (χ2n) is 12.5. The number of aromatic nitrogens is 2. The van der Waals surface area contributed by atoms with Crippen LogP contribution in [-0.2, 0) is 29.8 Å². The molecule has 1 fully saturated rings. The molecule has 8 rings (SSSR count). The molecule has 250 valence electrons. The quantitative estimate of drug-likeness (QED) is 0.194. The molecule has 6 aromatic rings. The maximum Gasteiger partial charge on any atom is 0.277 e. The number of para-hydroxylation sites is 1. The number of rotatable bonds is 7. The van der Waals surface area contributed by atoms with E-state index in [1.807, 2.05) is 91.1 Å². The van der Waals surface area contributed by atoms with Crippen molar-refractivity contribution in [1.29, 1.82) is 0 Å². The average Bonchev–Trinajstić information content (AvgIpc) is 3.69. The first kappa shape index (κ1) is 31.2. The summed E-state index contributed by atoms with van der Waals surface area (Å²) in [6.07, 6.45) is 1.93. The molecular formula is C39H30F2N4O5. The number of nitrogens with zero attached hydrogens (tertiary/aromatic N) is 2. The van der Waals surface area contributed by atoms with Crippen molar-refractivity contribution in [3.63, 3.8) is 0 Å². The third kappa shape index (κ3) is 4.97. The molecule has 9 nitrogen and oxygen atoms in total. The summed E-state index contributed by atoms with van der Waals surface area (Å²) in [4.78, 5) is 46.5. The fourth-order valence-electron chi connectivity index (χ4n) is 7.40. The van der Waals surface area contributed by atoms with Crippen molar-refractivity contribution in [3.8, 4) is 5.75 Å². The zero-order chi connectivity index (χ0) is 34.6. The molecule has 4 aromatic carbocycles. The van der Waals surface area contributed by atoms with Gasteiger partial charge in [-0.3, -0.25) is 19.3 Å². The van der Waals surface area contributed by atoms with Crippen LogP contribution in [0.15, 0.2) is 120 Å². The second-order valence-corrected chi connectivity index (χ2v) is 12.5. The van der Waals surface area contributed by atoms with Crippen LogP contribution in [0.25, 0.3) is 10.9 Å². The monoisotopic (exact) mass is 672 g/mol. The van der Waals surface area contributed by atoms with Gasteiger partial charge in [0.05, 0.1) is 6.54 Å². The Bertz CT molecular complexity index is 2340. The highest BCUT2D eigenvalue weighted by Gasteiger charge is 2.60. The van der Waals surface area contributed by atoms with Crippen LogP contribution in [0.4, 0.5) is 8.78 Å². The molecule has 1 unspecified atom stereocenters. The Hall–Kier alpha value is -6.07. The number of hydrogen-bond donors (Lipinski definition) is 3. The van der Waals surface area contributed by atoms with Crippen LogP contribution >= 0.6 is 0 Å². The van der Waals surface area contributed by atoms with Crippen molar-refractivity contribution in [2.75, 3.05) is 0 Å². The highest BCUT2D eigenvalue weighted by Crippen LogP contribution is 2.54. The topological polar surface area (TPSA) is 117 Å². The van der Waals surface area contributed by atoms with Crippen LogP contribution < -0.4 is 10.7 Å². The van der Waals surface area contributed by atoms with Gasteiger partial charge in [-0.25, -0.2) is 8.78 Å². The molecule has 0 radical (unpaired) electrons. The number of nitrogens with one attached hydrogen (secondary N) is 2. The summed E-state index contributed by atoms with van der Waals surface area (Å²) in [6.45, 7) is -0.342. The minimum Gasteiger partial charge on any atom is -0.503 e. The first-order valence-corrected chi connectivity index (χ1v) is 16.1. The van der Waals surface area contributed by atoms with E-state index in [0.29, 0.717) is 12.5 Å². The number of halogens is 2. The fraction of sp³-hybridized carbons (Fsp3) is 0.154. The summed E-state index contributed by atoms with van der Waals surface area (Å²) in [5.74, 6) is -4.05. The lowest BCUT2D eigenvalue weighted by molar-refractivity contribution is -0.0157. The summed E-state index contributed by atoms with van der Waals surface area (Å²) in [7, 11) is 0. The number of carbonyl (C=O) groups is 2. The molecule has 2 aromatic heterocycles. The van der Waals surface area contributed by atoms with Crippen LogP contribution in [0.3, 0.4) is 0 Å². The second kappa shape index (κ2) is 12.1. The minimum absolute atomic E-state index is 0.00613. The fourth-order valence-corrected chi connectivity index (χ4v) is 7.40. The number of ether oxygens (including phenoxy) is 1. The Morgan fingerprint density at radius 1 is 0.940 bits per heavy atom. The zero-order valence-corrected chi connectivity index (χ0v) is 26.5. The lowest BCUT2D eigenvalue weighted by Crippen LogP contribution is -2.56. The van der Waals surface area contributed by atoms with Crippen LogP contribution in [-0.4, -0.2) is 37.6 Å². The minimum atomic E-state index is -1.14. The van der Waals surface area contributed by atoms with Crippen molar-refractivity contribution >= 4 is 22.7 Å². The molecule has 0 saturated carbocycles. The smallest absolute Gasteiger partial charge is 0.277 e. The van der Waals surface area contributed by atoms with Crippen molar-refractivity contribution in [2.45, 2.75) is 37.4 Å². The van der Waals surface area contributed by atoms with Crippen molar-refractivity contribution in [1.82, 2.24) is 19.8 Å². The van der Waals surface area contributed by atoms with Gasteiger partial charge in [-0.05, 0) is 28.8 Å². The predicted molar refractivity (Wildman–Crippen MR) is 180 cm³/mol. The highest BCUT2D eigenvalue weighted by molar-refractivity contribution is 6.00. The van der Waals surface area contributed by atoms with Crippen molar-refractivity contribution in [3.05, 3.63) is 171 Å². The normalized spacial score (nSPS) is 19.7. The number of carbonyl (C=O) groups excluding carboxylic acids is 2. The van der Waals surface area contributed by atoms with E-state index in [0.717, 1.165) is 33.7 Å². The lowest BCUT2D eigenvalue weighted by Gasteiger charge is -2.44. The standard InChI is InChI=1S/C39H30F2N4O5/c40-27-16-15-24(30(41)17-27)19-43-37(48)29-21-44-22-32-45(38(49)33(44)35(47)34(29)46)39(26-11-5-2-6-12-26,36(50-32)23-9-3-1-4-10-23)18-25-20-42-31-14-8-7-13-28(25)31/h1-17,20-21,32,36,42,47H,18-19,22H2,(H,43,48)/t32-,36?,39+/m0/s1. The van der Waals surface area contributed by atoms with Gasteiger partial charge in [-0.15, -0.1) is 0 Å². The molecule has 2 amide bonds. The molecule has 2 aliphatic rings. The Kier molecular flexibility index (Phi) is 7.56. The van der Waals surface area contributed by atoms with E-state index < -0.39 is 58.1 Å². The molecule has 11 heteroatoms. The summed E-state index contributed by atoms with van der Waals surface area (Å²) < 4.78 is 35.8. The van der Waals surface area contributed by atoms with Crippen molar-refractivity contribution < 1.29 is 28.2 Å². The highest BCUT2D eigenvalue weighted by atomic mass is 19.1. The molecule has 1 saturated heterocycles. The molecule has 2 aliphatic heterocycles. The number of hydrogen-bond acceptors (Lipinski definition) is 5. The first-order valence-electron chi connectivity index (χ1n) is 16.1. The van der Waals surface area contributed by atoms with Gasteiger partial charge in [-0.2, -0.15) is 0 Å². The number of aromatic amines is 1. The lowest BCUT2D eigenvalue weighted by atomic mass is 9.75. The third-order valence-corrected chi connectivity index (χ3v) is 9.69. The van der Waals surface area contributed by atoms with E-state index in [9.17, 15) is 28.3 Å². The number of pyridine rings is 1. The van der Waals surface area contributed by atoms with Crippen molar-refractivity contribution in [2.24, 2.45) is 0 Å². The van der Waals surface area contributed by atoms with E-state index in [4.69, 9.17) is 4.74 Å². The van der Waals surface area contributed by atoms with E-state index in [1.165, 1.54) is 16.8 Å². The zero-order valence-electron chi connectivity index (χ0n) is 26.5.